The minimum Gasteiger partial charge on any atom is -0.464 e. The maximum atomic E-state index is 11.8. The molecule has 0 amide bonds. The second-order valence-corrected chi connectivity index (χ2v) is 4.63. The first-order valence-electron chi connectivity index (χ1n) is 6.18. The summed E-state index contributed by atoms with van der Waals surface area (Å²) in [4.78, 5) is 23.2. The molecule has 0 saturated heterocycles. The van der Waals surface area contributed by atoms with Crippen molar-refractivity contribution in [2.24, 2.45) is 0 Å². The third kappa shape index (κ3) is 2.65. The molecule has 0 aliphatic carbocycles. The zero-order valence-electron chi connectivity index (χ0n) is 11.3. The lowest BCUT2D eigenvalue weighted by atomic mass is 9.96. The number of furan rings is 1. The smallest absolute Gasteiger partial charge is 0.163 e. The average Bonchev–Trinajstić information content (AvgIpc) is 2.66. The van der Waals surface area contributed by atoms with Crippen molar-refractivity contribution in [3.05, 3.63) is 47.4 Å². The molecule has 1 aromatic carbocycles. The molecule has 0 saturated carbocycles. The lowest BCUT2D eigenvalue weighted by Gasteiger charge is -2.03. The predicted octanol–water partition coefficient (Wildman–Crippen LogP) is 3.59. The van der Waals surface area contributed by atoms with Crippen molar-refractivity contribution in [2.45, 2.75) is 27.2 Å². The molecule has 0 radical (unpaired) electrons. The molecule has 19 heavy (non-hydrogen) atoms. The van der Waals surface area contributed by atoms with E-state index >= 15 is 0 Å². The SMILES string of the molecule is CC(=O)Cc1oc(C)c(C(C)=O)c1-c1ccccc1. The highest BCUT2D eigenvalue weighted by Crippen LogP contribution is 2.33. The van der Waals surface area contributed by atoms with Gasteiger partial charge in [0.05, 0.1) is 12.0 Å². The van der Waals surface area contributed by atoms with E-state index in [4.69, 9.17) is 4.42 Å². The van der Waals surface area contributed by atoms with Crippen molar-refractivity contribution in [1.29, 1.82) is 0 Å². The summed E-state index contributed by atoms with van der Waals surface area (Å²) in [7, 11) is 0. The van der Waals surface area contributed by atoms with E-state index in [0.717, 1.165) is 11.1 Å². The summed E-state index contributed by atoms with van der Waals surface area (Å²) in [5.41, 5.74) is 2.23. The van der Waals surface area contributed by atoms with E-state index in [1.54, 1.807) is 6.92 Å². The summed E-state index contributed by atoms with van der Waals surface area (Å²) in [6, 6.07) is 9.55. The summed E-state index contributed by atoms with van der Waals surface area (Å²) >= 11 is 0. The van der Waals surface area contributed by atoms with Crippen LogP contribution in [0.2, 0.25) is 0 Å². The number of Topliss-reactive ketones (excluding diaryl/α,β-unsaturated/α-hetero) is 2. The standard InChI is InChI=1S/C16H16O3/c1-10(17)9-14-16(13-7-5-4-6-8-13)15(11(2)18)12(3)19-14/h4-8H,9H2,1-3H3. The molecule has 0 unspecified atom stereocenters. The first-order valence-corrected chi connectivity index (χ1v) is 6.18. The molecule has 2 aromatic rings. The van der Waals surface area contributed by atoms with E-state index < -0.39 is 0 Å². The number of aryl methyl sites for hydroxylation is 1. The van der Waals surface area contributed by atoms with Crippen LogP contribution in [0.3, 0.4) is 0 Å². The molecule has 0 atom stereocenters. The Bertz CT molecular complexity index is 621. The number of rotatable bonds is 4. The van der Waals surface area contributed by atoms with E-state index in [0.29, 0.717) is 17.1 Å². The predicted molar refractivity (Wildman–Crippen MR) is 73.3 cm³/mol. The molecule has 0 bridgehead atoms. The third-order valence-corrected chi connectivity index (χ3v) is 2.98. The molecule has 1 heterocycles. The maximum Gasteiger partial charge on any atom is 0.163 e. The van der Waals surface area contributed by atoms with Crippen molar-refractivity contribution in [3.8, 4) is 11.1 Å². The second kappa shape index (κ2) is 5.22. The summed E-state index contributed by atoms with van der Waals surface area (Å²) in [6.45, 7) is 4.79. The summed E-state index contributed by atoms with van der Waals surface area (Å²) < 4.78 is 5.63. The van der Waals surface area contributed by atoms with Gasteiger partial charge in [-0.15, -0.1) is 0 Å². The Kier molecular flexibility index (Phi) is 3.65. The quantitative estimate of drug-likeness (QED) is 0.785. The minimum absolute atomic E-state index is 0.0148. The van der Waals surface area contributed by atoms with Gasteiger partial charge in [0.2, 0.25) is 0 Å². The zero-order valence-corrected chi connectivity index (χ0v) is 11.3. The van der Waals surface area contributed by atoms with Crippen LogP contribution in [-0.2, 0) is 11.2 Å². The Hall–Kier alpha value is -2.16. The zero-order chi connectivity index (χ0) is 14.0. The highest BCUT2D eigenvalue weighted by Gasteiger charge is 2.22. The van der Waals surface area contributed by atoms with Crippen LogP contribution in [0.1, 0.15) is 35.7 Å². The Morgan fingerprint density at radius 3 is 2.26 bits per heavy atom. The topological polar surface area (TPSA) is 47.3 Å². The molecular formula is C16H16O3. The van der Waals surface area contributed by atoms with Gasteiger partial charge >= 0.3 is 0 Å². The molecule has 98 valence electrons. The van der Waals surface area contributed by atoms with Crippen LogP contribution in [0.25, 0.3) is 11.1 Å². The monoisotopic (exact) mass is 256 g/mol. The van der Waals surface area contributed by atoms with Crippen LogP contribution >= 0.6 is 0 Å². The van der Waals surface area contributed by atoms with Gasteiger partial charge in [0.25, 0.3) is 0 Å². The van der Waals surface area contributed by atoms with Gasteiger partial charge in [0, 0.05) is 5.56 Å². The number of hydrogen-bond acceptors (Lipinski definition) is 3. The van der Waals surface area contributed by atoms with Gasteiger partial charge in [-0.3, -0.25) is 9.59 Å². The van der Waals surface area contributed by atoms with E-state index in [2.05, 4.69) is 0 Å². The van der Waals surface area contributed by atoms with E-state index in [1.165, 1.54) is 13.8 Å². The van der Waals surface area contributed by atoms with Crippen LogP contribution in [-0.4, -0.2) is 11.6 Å². The molecule has 0 aliphatic rings. The molecule has 3 heteroatoms. The van der Waals surface area contributed by atoms with Gasteiger partial charge in [-0.25, -0.2) is 0 Å². The second-order valence-electron chi connectivity index (χ2n) is 4.63. The number of carbonyl (C=O) groups excluding carboxylic acids is 2. The van der Waals surface area contributed by atoms with Gasteiger partial charge in [0.1, 0.15) is 17.3 Å². The number of benzene rings is 1. The Morgan fingerprint density at radius 1 is 1.11 bits per heavy atom. The summed E-state index contributed by atoms with van der Waals surface area (Å²) in [5, 5.41) is 0. The fourth-order valence-corrected chi connectivity index (χ4v) is 2.29. The third-order valence-electron chi connectivity index (χ3n) is 2.98. The Morgan fingerprint density at radius 2 is 1.74 bits per heavy atom. The van der Waals surface area contributed by atoms with Crippen molar-refractivity contribution in [1.82, 2.24) is 0 Å². The van der Waals surface area contributed by atoms with E-state index in [1.807, 2.05) is 30.3 Å². The molecule has 0 aliphatic heterocycles. The Labute approximate surface area is 112 Å². The average molecular weight is 256 g/mol. The van der Waals surface area contributed by atoms with Gasteiger partial charge in [-0.2, -0.15) is 0 Å². The largest absolute Gasteiger partial charge is 0.464 e. The lowest BCUT2D eigenvalue weighted by molar-refractivity contribution is -0.116. The van der Waals surface area contributed by atoms with Crippen LogP contribution < -0.4 is 0 Å². The van der Waals surface area contributed by atoms with E-state index in [-0.39, 0.29) is 18.0 Å². The number of ketones is 2. The lowest BCUT2D eigenvalue weighted by Crippen LogP contribution is -1.99. The highest BCUT2D eigenvalue weighted by molar-refractivity contribution is 6.03. The normalized spacial score (nSPS) is 10.5. The maximum absolute atomic E-state index is 11.8. The van der Waals surface area contributed by atoms with Crippen molar-refractivity contribution < 1.29 is 14.0 Å². The van der Waals surface area contributed by atoms with Crippen LogP contribution in [0.5, 0.6) is 0 Å². The van der Waals surface area contributed by atoms with Gasteiger partial charge in [-0.1, -0.05) is 30.3 Å². The fourth-order valence-electron chi connectivity index (χ4n) is 2.29. The molecule has 3 nitrogen and oxygen atoms in total. The highest BCUT2D eigenvalue weighted by atomic mass is 16.3. The molecule has 0 N–H and O–H groups in total. The van der Waals surface area contributed by atoms with Gasteiger partial charge < -0.3 is 4.42 Å². The first-order chi connectivity index (χ1) is 9.00. The molecule has 0 fully saturated rings. The van der Waals surface area contributed by atoms with Gasteiger partial charge in [-0.05, 0) is 26.3 Å². The molecular weight excluding hydrogens is 240 g/mol. The summed E-state index contributed by atoms with van der Waals surface area (Å²) in [5.74, 6) is 1.11. The van der Waals surface area contributed by atoms with Gasteiger partial charge in [0.15, 0.2) is 5.78 Å². The van der Waals surface area contributed by atoms with Crippen LogP contribution in [0.4, 0.5) is 0 Å². The summed E-state index contributed by atoms with van der Waals surface area (Å²) in [6.07, 6.45) is 0.207. The van der Waals surface area contributed by atoms with E-state index in [9.17, 15) is 9.59 Å². The van der Waals surface area contributed by atoms with Crippen LogP contribution in [0.15, 0.2) is 34.7 Å². The molecule has 1 aromatic heterocycles. The number of hydrogen-bond donors (Lipinski definition) is 0. The minimum atomic E-state index is -0.0464. The fraction of sp³-hybridized carbons (Fsp3) is 0.250. The van der Waals surface area contributed by atoms with Crippen molar-refractivity contribution in [2.75, 3.05) is 0 Å². The van der Waals surface area contributed by atoms with Crippen molar-refractivity contribution >= 4 is 11.6 Å². The molecule has 0 spiro atoms. The number of carbonyl (C=O) groups is 2. The Balaban J connectivity index is 2.67. The van der Waals surface area contributed by atoms with Crippen LogP contribution in [0, 0.1) is 6.92 Å². The molecule has 2 rings (SSSR count). The van der Waals surface area contributed by atoms with Crippen molar-refractivity contribution in [3.63, 3.8) is 0 Å². The first kappa shape index (κ1) is 13.3.